The number of carboxylic acids is 1. The summed E-state index contributed by atoms with van der Waals surface area (Å²) in [6.07, 6.45) is 0.672. The molecule has 1 saturated carbocycles. The number of sulfone groups is 1. The van der Waals surface area contributed by atoms with Crippen molar-refractivity contribution in [2.24, 2.45) is 5.92 Å². The number of nitrogens with zero attached hydrogens (tertiary/aromatic N) is 1. The van der Waals surface area contributed by atoms with Gasteiger partial charge in [0, 0.05) is 17.1 Å². The van der Waals surface area contributed by atoms with Gasteiger partial charge in [0.05, 0.1) is 10.6 Å². The first-order chi connectivity index (χ1) is 16.9. The highest BCUT2D eigenvalue weighted by molar-refractivity contribution is 7.92. The second-order valence-corrected chi connectivity index (χ2v) is 14.1. The maximum Gasteiger partial charge on any atom is 0.322 e. The Morgan fingerprint density at radius 1 is 1.03 bits per heavy atom. The number of aliphatic carboxylic acids is 1. The molecule has 0 spiro atoms. The van der Waals surface area contributed by atoms with E-state index in [1.54, 1.807) is 0 Å². The Labute approximate surface area is 214 Å². The lowest BCUT2D eigenvalue weighted by Gasteiger charge is -2.40. The van der Waals surface area contributed by atoms with Crippen LogP contribution in [0.2, 0.25) is 5.02 Å². The molecule has 1 heterocycles. The van der Waals surface area contributed by atoms with Gasteiger partial charge < -0.3 is 5.11 Å². The zero-order valence-corrected chi connectivity index (χ0v) is 21.6. The Morgan fingerprint density at radius 2 is 1.67 bits per heavy atom. The first-order valence-electron chi connectivity index (χ1n) is 11.6. The molecular formula is C24H26ClF2NO6S2. The molecule has 0 aromatic heterocycles. The summed E-state index contributed by atoms with van der Waals surface area (Å²) in [5.74, 6) is -3.64. The number of hydrogen-bond acceptors (Lipinski definition) is 5. The summed E-state index contributed by atoms with van der Waals surface area (Å²) >= 11 is 5.91. The van der Waals surface area contributed by atoms with Crippen LogP contribution < -0.4 is 0 Å². The molecule has 1 atom stereocenters. The van der Waals surface area contributed by atoms with E-state index >= 15 is 0 Å². The lowest BCUT2D eigenvalue weighted by atomic mass is 9.78. The van der Waals surface area contributed by atoms with E-state index in [-0.39, 0.29) is 54.9 Å². The first kappa shape index (κ1) is 27.0. The van der Waals surface area contributed by atoms with Gasteiger partial charge in [-0.1, -0.05) is 11.6 Å². The fourth-order valence-corrected chi connectivity index (χ4v) is 9.79. The molecule has 1 saturated heterocycles. The van der Waals surface area contributed by atoms with E-state index in [1.165, 1.54) is 24.3 Å². The molecule has 2 aromatic carbocycles. The highest BCUT2D eigenvalue weighted by atomic mass is 35.5. The van der Waals surface area contributed by atoms with Crippen molar-refractivity contribution in [1.82, 2.24) is 4.31 Å². The van der Waals surface area contributed by atoms with Crippen LogP contribution in [0.25, 0.3) is 0 Å². The van der Waals surface area contributed by atoms with Crippen LogP contribution in [0.15, 0.2) is 47.4 Å². The predicted octanol–water partition coefficient (Wildman–Crippen LogP) is 4.36. The van der Waals surface area contributed by atoms with E-state index < -0.39 is 54.2 Å². The number of halogens is 3. The zero-order valence-electron chi connectivity index (χ0n) is 19.2. The van der Waals surface area contributed by atoms with E-state index in [0.29, 0.717) is 11.4 Å². The minimum absolute atomic E-state index is 0.0944. The van der Waals surface area contributed by atoms with Crippen LogP contribution in [-0.2, 0) is 29.4 Å². The molecule has 0 amide bonds. The highest BCUT2D eigenvalue weighted by Crippen LogP contribution is 2.49. The van der Waals surface area contributed by atoms with Gasteiger partial charge in [-0.2, -0.15) is 4.31 Å². The Balaban J connectivity index is 1.66. The molecule has 2 aromatic rings. The third-order valence-corrected chi connectivity index (χ3v) is 12.1. The molecule has 0 radical (unpaired) electrons. The number of sulfonamides is 1. The summed E-state index contributed by atoms with van der Waals surface area (Å²) in [6.45, 7) is 0.120. The Bertz CT molecular complexity index is 1360. The number of rotatable bonds is 7. The number of carbonyl (C=O) groups is 1. The Kier molecular flexibility index (Phi) is 7.49. The average molecular weight is 562 g/mol. The van der Waals surface area contributed by atoms with E-state index in [2.05, 4.69) is 0 Å². The van der Waals surface area contributed by atoms with Crippen molar-refractivity contribution in [3.05, 3.63) is 64.7 Å². The van der Waals surface area contributed by atoms with E-state index in [0.717, 1.165) is 22.5 Å². The largest absolute Gasteiger partial charge is 0.480 e. The summed E-state index contributed by atoms with van der Waals surface area (Å²) in [5, 5.41) is 9.68. The summed E-state index contributed by atoms with van der Waals surface area (Å²) < 4.78 is 82.2. The highest BCUT2D eigenvalue weighted by Gasteiger charge is 2.51. The van der Waals surface area contributed by atoms with Crippen molar-refractivity contribution in [3.8, 4) is 0 Å². The van der Waals surface area contributed by atoms with Crippen molar-refractivity contribution in [3.63, 3.8) is 0 Å². The molecule has 1 aliphatic heterocycles. The van der Waals surface area contributed by atoms with Gasteiger partial charge in [-0.25, -0.2) is 25.6 Å². The molecule has 196 valence electrons. The second-order valence-electron chi connectivity index (χ2n) is 9.40. The van der Waals surface area contributed by atoms with Crippen molar-refractivity contribution >= 4 is 37.4 Å². The van der Waals surface area contributed by atoms with Crippen LogP contribution in [0.3, 0.4) is 0 Å². The molecule has 0 unspecified atom stereocenters. The van der Waals surface area contributed by atoms with Crippen molar-refractivity contribution < 1.29 is 35.5 Å². The fourth-order valence-electron chi connectivity index (χ4n) is 5.39. The van der Waals surface area contributed by atoms with Gasteiger partial charge in [-0.05, 0) is 86.9 Å². The van der Waals surface area contributed by atoms with Gasteiger partial charge in [0.1, 0.15) is 22.4 Å². The molecule has 1 aliphatic carbocycles. The van der Waals surface area contributed by atoms with Crippen LogP contribution in [0, 0.1) is 17.6 Å². The average Bonchev–Trinajstić information content (AvgIpc) is 3.33. The molecule has 2 aliphatic rings. The van der Waals surface area contributed by atoms with Gasteiger partial charge in [0.2, 0.25) is 10.0 Å². The van der Waals surface area contributed by atoms with Crippen molar-refractivity contribution in [2.45, 2.75) is 54.2 Å². The lowest BCUT2D eigenvalue weighted by molar-refractivity contribution is -0.140. The first-order valence-corrected chi connectivity index (χ1v) is 15.0. The monoisotopic (exact) mass is 561 g/mol. The molecule has 4 rings (SSSR count). The van der Waals surface area contributed by atoms with Crippen LogP contribution in [0.1, 0.15) is 44.1 Å². The van der Waals surface area contributed by atoms with E-state index in [4.69, 9.17) is 11.6 Å². The van der Waals surface area contributed by atoms with Gasteiger partial charge in [-0.15, -0.1) is 0 Å². The van der Waals surface area contributed by atoms with Crippen LogP contribution in [0.5, 0.6) is 0 Å². The zero-order chi connectivity index (χ0) is 26.3. The number of hydrogen-bond donors (Lipinski definition) is 1. The Hall–Kier alpha value is -2.08. The molecular weight excluding hydrogens is 536 g/mol. The molecule has 7 nitrogen and oxygen atoms in total. The minimum atomic E-state index is -4.24. The predicted molar refractivity (Wildman–Crippen MR) is 130 cm³/mol. The van der Waals surface area contributed by atoms with Crippen LogP contribution >= 0.6 is 11.6 Å². The standard InChI is InChI=1S/C24H26ClF2NO6S2/c25-17-3-6-19(7-4-17)36(33,34)24(20-14-18(26)5-8-21(20)27)11-9-16(10-12-24)15-35(31,32)28-13-1-2-22(28)23(29)30/h3-8,14,16,22H,1-2,9-13,15H2,(H,29,30)/t16?,22-,24?/m0/s1. The van der Waals surface area contributed by atoms with Gasteiger partial charge in [0.25, 0.3) is 0 Å². The topological polar surface area (TPSA) is 109 Å². The van der Waals surface area contributed by atoms with Gasteiger partial charge >= 0.3 is 5.97 Å². The van der Waals surface area contributed by atoms with Crippen molar-refractivity contribution in [1.29, 1.82) is 0 Å². The maximum atomic E-state index is 15.0. The lowest BCUT2D eigenvalue weighted by Crippen LogP contribution is -2.45. The third-order valence-electron chi connectivity index (χ3n) is 7.26. The normalized spacial score (nSPS) is 25.6. The molecule has 12 heteroatoms. The summed E-state index contributed by atoms with van der Waals surface area (Å²) in [4.78, 5) is 11.4. The van der Waals surface area contributed by atoms with Crippen molar-refractivity contribution in [2.75, 3.05) is 12.3 Å². The van der Waals surface area contributed by atoms with Gasteiger partial charge in [-0.3, -0.25) is 4.79 Å². The summed E-state index contributed by atoms with van der Waals surface area (Å²) in [6, 6.07) is 7.01. The quantitative estimate of drug-likeness (QED) is 0.538. The molecule has 1 N–H and O–H groups in total. The molecule has 0 bridgehead atoms. The fraction of sp³-hybridized carbons (Fsp3) is 0.458. The number of benzene rings is 2. The molecule has 2 fully saturated rings. The van der Waals surface area contributed by atoms with Crippen LogP contribution in [0.4, 0.5) is 8.78 Å². The molecule has 36 heavy (non-hydrogen) atoms. The SMILES string of the molecule is O=C(O)[C@@H]1CCCN1S(=O)(=O)CC1CCC(c2cc(F)ccc2F)(S(=O)(=O)c2ccc(Cl)cc2)CC1. The maximum absolute atomic E-state index is 15.0. The van der Waals surface area contributed by atoms with Crippen LogP contribution in [-0.4, -0.2) is 50.6 Å². The van der Waals surface area contributed by atoms with E-state index in [1.807, 2.05) is 0 Å². The number of carboxylic acid groups (broad SMARTS) is 1. The van der Waals surface area contributed by atoms with E-state index in [9.17, 15) is 35.5 Å². The second kappa shape index (κ2) is 10.00. The smallest absolute Gasteiger partial charge is 0.322 e. The summed E-state index contributed by atoms with van der Waals surface area (Å²) in [7, 11) is -8.15. The van der Waals surface area contributed by atoms with Gasteiger partial charge in [0.15, 0.2) is 9.84 Å². The third kappa shape index (κ3) is 4.90. The summed E-state index contributed by atoms with van der Waals surface area (Å²) in [5.41, 5.74) is -0.288. The minimum Gasteiger partial charge on any atom is -0.480 e. The Morgan fingerprint density at radius 3 is 2.28 bits per heavy atom.